The maximum Gasteiger partial charge on any atom is 0.218 e. The third-order valence-corrected chi connectivity index (χ3v) is 3.11. The van der Waals surface area contributed by atoms with Crippen LogP contribution in [0, 0.1) is 5.95 Å². The van der Waals surface area contributed by atoms with Crippen molar-refractivity contribution in [2.75, 3.05) is 26.2 Å². The van der Waals surface area contributed by atoms with E-state index in [1.54, 1.807) is 12.1 Å². The molecule has 1 aromatic heterocycles. The van der Waals surface area contributed by atoms with Gasteiger partial charge in [0.15, 0.2) is 0 Å². The van der Waals surface area contributed by atoms with Crippen molar-refractivity contribution in [2.45, 2.75) is 6.04 Å². The van der Waals surface area contributed by atoms with Gasteiger partial charge in [0.25, 0.3) is 0 Å². The topological polar surface area (TPSA) is 40.5 Å². The van der Waals surface area contributed by atoms with Crippen molar-refractivity contribution in [1.29, 1.82) is 0 Å². The van der Waals surface area contributed by atoms with Gasteiger partial charge in [-0.2, -0.15) is 4.39 Å². The van der Waals surface area contributed by atoms with Crippen LogP contribution >= 0.6 is 0 Å². The summed E-state index contributed by atoms with van der Waals surface area (Å²) in [5.41, 5.74) is 0.656. The normalized spacial score (nSPS) is 24.2. The van der Waals surface area contributed by atoms with Crippen molar-refractivity contribution in [1.82, 2.24) is 15.2 Å². The lowest BCUT2D eigenvalue weighted by atomic mass is 10.1. The van der Waals surface area contributed by atoms with Gasteiger partial charge in [-0.15, -0.1) is 0 Å². The first-order valence-electron chi connectivity index (χ1n) is 5.47. The van der Waals surface area contributed by atoms with Crippen molar-refractivity contribution < 1.29 is 4.39 Å². The second-order valence-corrected chi connectivity index (χ2v) is 4.03. The average Bonchev–Trinajstić information content (AvgIpc) is 2.74. The average molecular weight is 220 g/mol. The second kappa shape index (κ2) is 3.83. The van der Waals surface area contributed by atoms with Crippen LogP contribution in [0.25, 0.3) is 0 Å². The van der Waals surface area contributed by atoms with E-state index in [0.29, 0.717) is 12.1 Å². The molecule has 1 atom stereocenters. The van der Waals surface area contributed by atoms with E-state index in [-0.39, 0.29) is 12.0 Å². The first kappa shape index (κ1) is 9.72. The molecule has 5 heteroatoms. The molecule has 1 fully saturated rings. The third kappa shape index (κ3) is 1.48. The molecule has 2 aliphatic heterocycles. The molecule has 0 saturated carbocycles. The van der Waals surface area contributed by atoms with Crippen LogP contribution in [0.1, 0.15) is 11.6 Å². The monoisotopic (exact) mass is 220 g/mol. The first-order valence-corrected chi connectivity index (χ1v) is 5.47. The molecular formula is C11H13FN4. The Balaban J connectivity index is 1.90. The largest absolute Gasteiger partial charge is 0.349 e. The van der Waals surface area contributed by atoms with Crippen molar-refractivity contribution in [3.63, 3.8) is 0 Å². The summed E-state index contributed by atoms with van der Waals surface area (Å²) in [5.74, 6) is 0.669. The van der Waals surface area contributed by atoms with Gasteiger partial charge >= 0.3 is 0 Å². The molecule has 16 heavy (non-hydrogen) atoms. The minimum Gasteiger partial charge on any atom is -0.349 e. The fourth-order valence-corrected chi connectivity index (χ4v) is 2.32. The number of piperazine rings is 1. The minimum atomic E-state index is -0.373. The van der Waals surface area contributed by atoms with Gasteiger partial charge in [0, 0.05) is 24.8 Å². The zero-order valence-corrected chi connectivity index (χ0v) is 8.86. The van der Waals surface area contributed by atoms with Crippen LogP contribution in [0.3, 0.4) is 0 Å². The Hall–Kier alpha value is -1.49. The number of nitrogens with zero attached hydrogens (tertiary/aromatic N) is 3. The molecule has 84 valence electrons. The Bertz CT molecular complexity index is 432. The summed E-state index contributed by atoms with van der Waals surface area (Å²) in [4.78, 5) is 10.3. The number of rotatable bonds is 1. The molecule has 0 aliphatic carbocycles. The molecule has 0 amide bonds. The number of halogens is 1. The minimum absolute atomic E-state index is 0.0331. The lowest BCUT2D eigenvalue weighted by molar-refractivity contribution is 0.317. The van der Waals surface area contributed by atoms with Crippen LogP contribution in [0.2, 0.25) is 0 Å². The molecule has 1 N–H and O–H groups in total. The van der Waals surface area contributed by atoms with E-state index < -0.39 is 0 Å². The molecule has 0 spiro atoms. The van der Waals surface area contributed by atoms with Crippen LogP contribution in [0.5, 0.6) is 0 Å². The number of aliphatic imine (C=N–C) groups is 1. The highest BCUT2D eigenvalue weighted by Crippen LogP contribution is 2.27. The van der Waals surface area contributed by atoms with Gasteiger partial charge < -0.3 is 10.2 Å². The molecule has 0 radical (unpaired) electrons. The molecule has 0 aromatic carbocycles. The smallest absolute Gasteiger partial charge is 0.218 e. The molecule has 1 unspecified atom stereocenters. The maximum atomic E-state index is 13.6. The summed E-state index contributed by atoms with van der Waals surface area (Å²) >= 11 is 0. The molecular weight excluding hydrogens is 207 g/mol. The van der Waals surface area contributed by atoms with Crippen molar-refractivity contribution in [2.24, 2.45) is 4.99 Å². The maximum absolute atomic E-state index is 13.6. The van der Waals surface area contributed by atoms with Gasteiger partial charge in [0.05, 0.1) is 19.1 Å². The summed E-state index contributed by atoms with van der Waals surface area (Å²) in [6.45, 7) is 3.24. The molecule has 3 rings (SSSR count). The predicted molar refractivity (Wildman–Crippen MR) is 58.8 cm³/mol. The van der Waals surface area contributed by atoms with Gasteiger partial charge in [0.1, 0.15) is 5.84 Å². The number of nitrogens with one attached hydrogen (secondary N) is 1. The highest BCUT2D eigenvalue weighted by Gasteiger charge is 2.32. The van der Waals surface area contributed by atoms with Gasteiger partial charge in [-0.1, -0.05) is 6.07 Å². The number of amidine groups is 1. The van der Waals surface area contributed by atoms with Gasteiger partial charge in [-0.3, -0.25) is 4.99 Å². The van der Waals surface area contributed by atoms with Crippen molar-refractivity contribution >= 4 is 5.84 Å². The van der Waals surface area contributed by atoms with Crippen LogP contribution < -0.4 is 5.32 Å². The summed E-state index contributed by atoms with van der Waals surface area (Å²) in [6, 6.07) is 3.61. The summed E-state index contributed by atoms with van der Waals surface area (Å²) < 4.78 is 13.6. The van der Waals surface area contributed by atoms with E-state index in [4.69, 9.17) is 0 Å². The Morgan fingerprint density at radius 2 is 2.44 bits per heavy atom. The number of hydrogen-bond acceptors (Lipinski definition) is 4. The summed E-state index contributed by atoms with van der Waals surface area (Å²) in [5, 5.41) is 3.26. The van der Waals surface area contributed by atoms with E-state index in [1.165, 1.54) is 6.20 Å². The fraction of sp³-hybridized carbons (Fsp3) is 0.455. The van der Waals surface area contributed by atoms with Crippen LogP contribution in [-0.4, -0.2) is 41.9 Å². The van der Waals surface area contributed by atoms with Crippen molar-refractivity contribution in [3.8, 4) is 0 Å². The Morgan fingerprint density at radius 3 is 3.31 bits per heavy atom. The summed E-state index contributed by atoms with van der Waals surface area (Å²) in [6.07, 6.45) is 1.48. The molecule has 0 bridgehead atoms. The molecule has 1 saturated heterocycles. The second-order valence-electron chi connectivity index (χ2n) is 4.03. The van der Waals surface area contributed by atoms with Crippen molar-refractivity contribution in [3.05, 3.63) is 29.8 Å². The summed E-state index contributed by atoms with van der Waals surface area (Å²) in [7, 11) is 0. The highest BCUT2D eigenvalue weighted by atomic mass is 19.1. The van der Waals surface area contributed by atoms with Gasteiger partial charge in [0.2, 0.25) is 5.95 Å². The quantitative estimate of drug-likeness (QED) is 0.704. The number of fused-ring (bicyclic) bond motifs is 1. The van der Waals surface area contributed by atoms with E-state index in [1.807, 2.05) is 0 Å². The van der Waals surface area contributed by atoms with Crippen LogP contribution in [0.15, 0.2) is 23.3 Å². The first-order chi connectivity index (χ1) is 7.86. The van der Waals surface area contributed by atoms with E-state index in [9.17, 15) is 4.39 Å². The van der Waals surface area contributed by atoms with E-state index >= 15 is 0 Å². The molecule has 1 aromatic rings. The number of hydrogen-bond donors (Lipinski definition) is 1. The fourth-order valence-electron chi connectivity index (χ4n) is 2.32. The SMILES string of the molecule is Fc1ncccc1C1CN=C2CNCCN21. The zero-order valence-electron chi connectivity index (χ0n) is 8.86. The number of pyridine rings is 1. The van der Waals surface area contributed by atoms with Gasteiger partial charge in [-0.05, 0) is 6.07 Å². The van der Waals surface area contributed by atoms with Gasteiger partial charge in [-0.25, -0.2) is 4.98 Å². The molecule has 3 heterocycles. The Labute approximate surface area is 93.2 Å². The highest BCUT2D eigenvalue weighted by molar-refractivity contribution is 5.87. The lowest BCUT2D eigenvalue weighted by Crippen LogP contribution is -2.47. The lowest BCUT2D eigenvalue weighted by Gasteiger charge is -2.31. The molecule has 4 nitrogen and oxygen atoms in total. The van der Waals surface area contributed by atoms with E-state index in [0.717, 1.165) is 25.5 Å². The van der Waals surface area contributed by atoms with Crippen LogP contribution in [0.4, 0.5) is 4.39 Å². The standard InChI is InChI=1S/C11H13FN4/c12-11-8(2-1-3-14-11)9-6-15-10-7-13-4-5-16(9)10/h1-3,9,13H,4-7H2. The predicted octanol–water partition coefficient (Wildman–Crippen LogP) is 0.579. The number of aromatic nitrogens is 1. The van der Waals surface area contributed by atoms with Crippen LogP contribution in [-0.2, 0) is 0 Å². The third-order valence-electron chi connectivity index (χ3n) is 3.11. The molecule has 2 aliphatic rings. The zero-order chi connectivity index (χ0) is 11.0. The Morgan fingerprint density at radius 1 is 1.50 bits per heavy atom. The Kier molecular flexibility index (Phi) is 2.32. The van der Waals surface area contributed by atoms with E-state index in [2.05, 4.69) is 20.2 Å².